The van der Waals surface area contributed by atoms with Crippen LogP contribution in [0.2, 0.25) is 0 Å². The largest absolute Gasteiger partial charge is 0.498 e. The first kappa shape index (κ1) is 15.8. The lowest BCUT2D eigenvalue weighted by molar-refractivity contribution is 0.138. The van der Waals surface area contributed by atoms with Crippen LogP contribution in [0.15, 0.2) is 12.3 Å². The van der Waals surface area contributed by atoms with Crippen LogP contribution in [0.3, 0.4) is 0 Å². The molecule has 5 nitrogen and oxygen atoms in total. The molecule has 0 atom stereocenters. The Kier molecular flexibility index (Phi) is 6.11. The van der Waals surface area contributed by atoms with Gasteiger partial charge in [-0.15, -0.1) is 0 Å². The van der Waals surface area contributed by atoms with Crippen molar-refractivity contribution < 1.29 is 18.8 Å². The number of methoxy groups -OCH3 is 2. The maximum Gasteiger partial charge on any atom is 0.498 e. The number of pyridine rings is 1. The van der Waals surface area contributed by atoms with Crippen LogP contribution in [0.1, 0.15) is 27.7 Å². The number of aromatic nitrogens is 1. The summed E-state index contributed by atoms with van der Waals surface area (Å²) in [4.78, 5) is 4.11. The minimum atomic E-state index is -0.508. The Hall–Kier alpha value is -1.27. The van der Waals surface area contributed by atoms with Gasteiger partial charge in [0.15, 0.2) is 0 Å². The van der Waals surface area contributed by atoms with Crippen molar-refractivity contribution in [1.29, 1.82) is 0 Å². The Morgan fingerprint density at radius 3 is 2.00 bits per heavy atom. The molecule has 1 aromatic rings. The Bertz CT molecular complexity index is 388. The lowest BCUT2D eigenvalue weighted by Crippen LogP contribution is -2.41. The first-order chi connectivity index (χ1) is 8.97. The number of hydrogen-bond donors (Lipinski definition) is 0. The predicted molar refractivity (Wildman–Crippen MR) is 75.2 cm³/mol. The van der Waals surface area contributed by atoms with Crippen molar-refractivity contribution in [2.45, 2.75) is 39.9 Å². The van der Waals surface area contributed by atoms with Gasteiger partial charge < -0.3 is 18.8 Å². The second-order valence-corrected chi connectivity index (χ2v) is 4.67. The van der Waals surface area contributed by atoms with Crippen molar-refractivity contribution in [3.8, 4) is 11.6 Å². The minimum absolute atomic E-state index is 0.0348. The first-order valence-corrected chi connectivity index (χ1v) is 6.36. The molecule has 106 valence electrons. The third-order valence-corrected chi connectivity index (χ3v) is 2.35. The third-order valence-electron chi connectivity index (χ3n) is 2.35. The van der Waals surface area contributed by atoms with Crippen LogP contribution in [0, 0.1) is 0 Å². The second kappa shape index (κ2) is 7.35. The summed E-state index contributed by atoms with van der Waals surface area (Å²) in [6.45, 7) is 7.84. The van der Waals surface area contributed by atoms with Gasteiger partial charge in [-0.2, -0.15) is 0 Å². The maximum atomic E-state index is 5.80. The first-order valence-electron chi connectivity index (χ1n) is 6.36. The zero-order chi connectivity index (χ0) is 14.4. The molecule has 0 unspecified atom stereocenters. The fourth-order valence-corrected chi connectivity index (χ4v) is 1.58. The smallest absolute Gasteiger partial charge is 0.495 e. The summed E-state index contributed by atoms with van der Waals surface area (Å²) in [5.74, 6) is 1.12. The van der Waals surface area contributed by atoms with Gasteiger partial charge in [-0.3, -0.25) is 0 Å². The van der Waals surface area contributed by atoms with Crippen LogP contribution in [-0.2, 0) is 9.31 Å². The van der Waals surface area contributed by atoms with E-state index in [4.69, 9.17) is 18.8 Å². The van der Waals surface area contributed by atoms with Crippen molar-refractivity contribution >= 4 is 12.6 Å². The lowest BCUT2D eigenvalue weighted by atomic mass is 9.78. The average molecular weight is 267 g/mol. The topological polar surface area (TPSA) is 49.8 Å². The van der Waals surface area contributed by atoms with E-state index in [0.717, 1.165) is 5.46 Å². The van der Waals surface area contributed by atoms with Crippen LogP contribution < -0.4 is 14.9 Å². The van der Waals surface area contributed by atoms with Gasteiger partial charge in [0.2, 0.25) is 5.88 Å². The van der Waals surface area contributed by atoms with E-state index in [-0.39, 0.29) is 12.2 Å². The van der Waals surface area contributed by atoms with Crippen molar-refractivity contribution in [1.82, 2.24) is 4.98 Å². The molecule has 0 aliphatic heterocycles. The molecule has 6 heteroatoms. The van der Waals surface area contributed by atoms with E-state index in [1.165, 1.54) is 0 Å². The molecule has 0 aliphatic carbocycles. The van der Waals surface area contributed by atoms with Crippen LogP contribution in [0.25, 0.3) is 0 Å². The summed E-state index contributed by atoms with van der Waals surface area (Å²) in [6, 6.07) is 1.77. The zero-order valence-electron chi connectivity index (χ0n) is 12.5. The highest BCUT2D eigenvalue weighted by molar-refractivity contribution is 6.62. The maximum absolute atomic E-state index is 5.80. The Balaban J connectivity index is 3.10. The van der Waals surface area contributed by atoms with E-state index in [0.29, 0.717) is 11.6 Å². The highest BCUT2D eigenvalue weighted by Crippen LogP contribution is 2.14. The predicted octanol–water partition coefficient (Wildman–Crippen LogP) is 1.64. The van der Waals surface area contributed by atoms with Gasteiger partial charge >= 0.3 is 7.12 Å². The molecule has 0 aliphatic rings. The molecule has 0 saturated carbocycles. The van der Waals surface area contributed by atoms with Gasteiger partial charge in [-0.1, -0.05) is 0 Å². The molecule has 0 spiro atoms. The second-order valence-electron chi connectivity index (χ2n) is 4.67. The normalized spacial score (nSPS) is 10.9. The highest BCUT2D eigenvalue weighted by Gasteiger charge is 2.28. The van der Waals surface area contributed by atoms with Gasteiger partial charge in [0.05, 0.1) is 20.4 Å². The van der Waals surface area contributed by atoms with E-state index >= 15 is 0 Å². The van der Waals surface area contributed by atoms with Gasteiger partial charge in [0, 0.05) is 23.7 Å². The molecule has 0 amide bonds. The summed E-state index contributed by atoms with van der Waals surface area (Å²) in [6.07, 6.45) is 1.68. The van der Waals surface area contributed by atoms with E-state index in [1.807, 2.05) is 27.7 Å². The Morgan fingerprint density at radius 1 is 1.00 bits per heavy atom. The SMILES string of the molecule is COc1cc(B(OC(C)C)OC(C)C)c(OC)cn1. The molecular weight excluding hydrogens is 245 g/mol. The average Bonchev–Trinajstić information content (AvgIpc) is 2.36. The molecule has 1 aromatic heterocycles. The van der Waals surface area contributed by atoms with Gasteiger partial charge in [0.25, 0.3) is 0 Å². The summed E-state index contributed by atoms with van der Waals surface area (Å²) in [7, 11) is 2.65. The van der Waals surface area contributed by atoms with Crippen molar-refractivity contribution in [3.63, 3.8) is 0 Å². The van der Waals surface area contributed by atoms with Gasteiger partial charge in [0.1, 0.15) is 5.75 Å². The molecule has 0 N–H and O–H groups in total. The van der Waals surface area contributed by atoms with Gasteiger partial charge in [-0.05, 0) is 27.7 Å². The quantitative estimate of drug-likeness (QED) is 0.703. The van der Waals surface area contributed by atoms with E-state index in [1.54, 1.807) is 26.5 Å². The van der Waals surface area contributed by atoms with E-state index < -0.39 is 7.12 Å². The Morgan fingerprint density at radius 2 is 1.58 bits per heavy atom. The number of hydrogen-bond acceptors (Lipinski definition) is 5. The number of rotatable bonds is 7. The number of ether oxygens (including phenoxy) is 2. The summed E-state index contributed by atoms with van der Waals surface area (Å²) >= 11 is 0. The molecule has 1 heterocycles. The third kappa shape index (κ3) is 4.72. The molecule has 1 rings (SSSR count). The lowest BCUT2D eigenvalue weighted by Gasteiger charge is -2.21. The summed E-state index contributed by atoms with van der Waals surface area (Å²) in [5, 5.41) is 0. The highest BCUT2D eigenvalue weighted by atomic mass is 16.6. The molecule has 0 fully saturated rings. The summed E-state index contributed by atoms with van der Waals surface area (Å²) < 4.78 is 22.1. The van der Waals surface area contributed by atoms with Crippen molar-refractivity contribution in [2.75, 3.05) is 14.2 Å². The van der Waals surface area contributed by atoms with E-state index in [9.17, 15) is 0 Å². The zero-order valence-corrected chi connectivity index (χ0v) is 12.5. The fourth-order valence-electron chi connectivity index (χ4n) is 1.58. The minimum Gasteiger partial charge on any atom is -0.495 e. The van der Waals surface area contributed by atoms with Gasteiger partial charge in [-0.25, -0.2) is 4.98 Å². The molecule has 0 bridgehead atoms. The summed E-state index contributed by atoms with van der Waals surface area (Å²) in [5.41, 5.74) is 0.775. The number of nitrogens with zero attached hydrogens (tertiary/aromatic N) is 1. The van der Waals surface area contributed by atoms with Crippen LogP contribution in [0.5, 0.6) is 11.6 Å². The Labute approximate surface area is 115 Å². The molecule has 19 heavy (non-hydrogen) atoms. The molecule has 0 aromatic carbocycles. The van der Waals surface area contributed by atoms with E-state index in [2.05, 4.69) is 4.98 Å². The standard InChI is InChI=1S/C13H22BNO4/c1-9(2)18-14(19-10(3)4)11-7-13(17-6)15-8-12(11)16-5/h7-10H,1-6H3. The van der Waals surface area contributed by atoms with Crippen LogP contribution in [0.4, 0.5) is 0 Å². The molecular formula is C13H22BNO4. The monoisotopic (exact) mass is 267 g/mol. The van der Waals surface area contributed by atoms with Crippen LogP contribution in [-0.4, -0.2) is 38.5 Å². The van der Waals surface area contributed by atoms with Crippen molar-refractivity contribution in [2.24, 2.45) is 0 Å². The van der Waals surface area contributed by atoms with Crippen molar-refractivity contribution in [3.05, 3.63) is 12.3 Å². The molecule has 0 radical (unpaired) electrons. The fraction of sp³-hybridized carbons (Fsp3) is 0.615. The molecule has 0 saturated heterocycles. The van der Waals surface area contributed by atoms with Crippen LogP contribution >= 0.6 is 0 Å².